The fourth-order valence-electron chi connectivity index (χ4n) is 2.97. The number of carbonyl (C=O) groups is 4. The van der Waals surface area contributed by atoms with Crippen LogP contribution in [-0.4, -0.2) is 50.8 Å². The predicted molar refractivity (Wildman–Crippen MR) is 124 cm³/mol. The fourth-order valence-corrected chi connectivity index (χ4v) is 2.97. The van der Waals surface area contributed by atoms with Crippen molar-refractivity contribution in [2.75, 3.05) is 5.32 Å². The van der Waals surface area contributed by atoms with Crippen molar-refractivity contribution in [1.82, 2.24) is 25.6 Å². The molecular formula is C23H32N6O5. The van der Waals surface area contributed by atoms with Gasteiger partial charge in [-0.05, 0) is 37.0 Å². The first kappa shape index (κ1) is 26.5. The molecular weight excluding hydrogens is 440 g/mol. The van der Waals surface area contributed by atoms with Gasteiger partial charge in [0.25, 0.3) is 0 Å². The van der Waals surface area contributed by atoms with Crippen molar-refractivity contribution in [1.29, 1.82) is 0 Å². The molecule has 0 radical (unpaired) electrons. The molecule has 184 valence electrons. The Morgan fingerprint density at radius 3 is 2.26 bits per heavy atom. The van der Waals surface area contributed by atoms with E-state index in [4.69, 9.17) is 4.74 Å². The molecule has 2 rings (SSSR count). The molecule has 0 unspecified atom stereocenters. The van der Waals surface area contributed by atoms with E-state index in [2.05, 4.69) is 26.3 Å². The smallest absolute Gasteiger partial charge is 0.302 e. The van der Waals surface area contributed by atoms with Gasteiger partial charge in [-0.25, -0.2) is 4.68 Å². The lowest BCUT2D eigenvalue weighted by atomic mass is 10.0. The van der Waals surface area contributed by atoms with Crippen LogP contribution < -0.4 is 16.0 Å². The standard InChI is InChI=1S/C23H32N6O5/c1-6-18-11-29(28-27-18)12-20(31)26-21(14(2)3)23(33)24-15(4)22(32)25-19-9-7-17(8-10-19)13-34-16(5)30/h7-11,14-15,21H,6,12-13H2,1-5H3,(H,24,33)(H,25,32)(H,26,31)/t15-,21-/m0/s1. The summed E-state index contributed by atoms with van der Waals surface area (Å²) < 4.78 is 6.34. The van der Waals surface area contributed by atoms with Gasteiger partial charge in [0.1, 0.15) is 25.2 Å². The summed E-state index contributed by atoms with van der Waals surface area (Å²) in [6.45, 7) is 8.52. The van der Waals surface area contributed by atoms with Crippen LogP contribution in [-0.2, 0) is 43.5 Å². The van der Waals surface area contributed by atoms with E-state index >= 15 is 0 Å². The summed E-state index contributed by atoms with van der Waals surface area (Å²) in [5.74, 6) is -1.83. The Labute approximate surface area is 198 Å². The number of amides is 3. The molecule has 0 spiro atoms. The summed E-state index contributed by atoms with van der Waals surface area (Å²) in [6, 6.07) is 5.15. The van der Waals surface area contributed by atoms with Gasteiger partial charge < -0.3 is 20.7 Å². The maximum Gasteiger partial charge on any atom is 0.302 e. The third kappa shape index (κ3) is 8.30. The summed E-state index contributed by atoms with van der Waals surface area (Å²) >= 11 is 0. The number of ether oxygens (including phenoxy) is 1. The fraction of sp³-hybridized carbons (Fsp3) is 0.478. The summed E-state index contributed by atoms with van der Waals surface area (Å²) in [5.41, 5.74) is 2.08. The molecule has 11 heteroatoms. The van der Waals surface area contributed by atoms with Crippen molar-refractivity contribution >= 4 is 29.4 Å². The molecule has 0 aliphatic rings. The summed E-state index contributed by atoms with van der Waals surface area (Å²) in [7, 11) is 0. The molecule has 0 fully saturated rings. The van der Waals surface area contributed by atoms with Crippen LogP contribution in [0.1, 0.15) is 45.9 Å². The minimum Gasteiger partial charge on any atom is -0.461 e. The zero-order valence-electron chi connectivity index (χ0n) is 20.1. The topological polar surface area (TPSA) is 144 Å². The number of hydrogen-bond donors (Lipinski definition) is 3. The van der Waals surface area contributed by atoms with E-state index in [1.54, 1.807) is 51.2 Å². The molecule has 0 saturated carbocycles. The molecule has 0 saturated heterocycles. The average molecular weight is 473 g/mol. The van der Waals surface area contributed by atoms with E-state index < -0.39 is 23.9 Å². The maximum absolute atomic E-state index is 12.8. The number of esters is 1. The second-order valence-electron chi connectivity index (χ2n) is 8.25. The highest BCUT2D eigenvalue weighted by atomic mass is 16.5. The van der Waals surface area contributed by atoms with E-state index in [9.17, 15) is 19.2 Å². The third-order valence-corrected chi connectivity index (χ3v) is 4.94. The molecule has 3 N–H and O–H groups in total. The SMILES string of the molecule is CCc1cn(CC(=O)N[C@H](C(=O)N[C@@H](C)C(=O)Nc2ccc(COC(C)=O)cc2)C(C)C)nn1. The van der Waals surface area contributed by atoms with Crippen molar-refractivity contribution in [2.24, 2.45) is 5.92 Å². The zero-order valence-corrected chi connectivity index (χ0v) is 20.1. The van der Waals surface area contributed by atoms with Gasteiger partial charge in [-0.15, -0.1) is 5.10 Å². The van der Waals surface area contributed by atoms with E-state index in [0.717, 1.165) is 11.3 Å². The molecule has 3 amide bonds. The Balaban J connectivity index is 1.89. The number of nitrogens with zero attached hydrogens (tertiary/aromatic N) is 3. The Morgan fingerprint density at radius 1 is 1.03 bits per heavy atom. The normalized spacial score (nSPS) is 12.5. The van der Waals surface area contributed by atoms with Crippen LogP contribution in [0.4, 0.5) is 5.69 Å². The number of hydrogen-bond acceptors (Lipinski definition) is 7. The van der Waals surface area contributed by atoms with Crippen LogP contribution in [0.2, 0.25) is 0 Å². The molecule has 2 atom stereocenters. The molecule has 11 nitrogen and oxygen atoms in total. The Hall–Kier alpha value is -3.76. The van der Waals surface area contributed by atoms with Crippen LogP contribution >= 0.6 is 0 Å². The van der Waals surface area contributed by atoms with Crippen LogP contribution in [0.5, 0.6) is 0 Å². The molecule has 1 aromatic carbocycles. The second-order valence-corrected chi connectivity index (χ2v) is 8.25. The van der Waals surface area contributed by atoms with Gasteiger partial charge in [0.05, 0.1) is 5.69 Å². The molecule has 1 aromatic heterocycles. The number of carbonyl (C=O) groups excluding carboxylic acids is 4. The molecule has 1 heterocycles. The van der Waals surface area contributed by atoms with Crippen LogP contribution in [0.15, 0.2) is 30.5 Å². The molecule has 34 heavy (non-hydrogen) atoms. The number of aromatic nitrogens is 3. The Bertz CT molecular complexity index is 1000. The van der Waals surface area contributed by atoms with E-state index in [1.807, 2.05) is 6.92 Å². The second kappa shape index (κ2) is 12.5. The number of anilines is 1. The van der Waals surface area contributed by atoms with Crippen molar-refractivity contribution in [3.63, 3.8) is 0 Å². The van der Waals surface area contributed by atoms with Crippen LogP contribution in [0, 0.1) is 5.92 Å². The first-order valence-corrected chi connectivity index (χ1v) is 11.1. The van der Waals surface area contributed by atoms with Gasteiger partial charge in [0.15, 0.2) is 0 Å². The van der Waals surface area contributed by atoms with Gasteiger partial charge in [-0.2, -0.15) is 0 Å². The lowest BCUT2D eigenvalue weighted by Crippen LogP contribution is -2.54. The van der Waals surface area contributed by atoms with E-state index in [-0.39, 0.29) is 30.9 Å². The Kier molecular flexibility index (Phi) is 9.72. The molecule has 2 aromatic rings. The van der Waals surface area contributed by atoms with Crippen molar-refractivity contribution in [2.45, 2.75) is 66.3 Å². The van der Waals surface area contributed by atoms with Crippen molar-refractivity contribution < 1.29 is 23.9 Å². The summed E-state index contributed by atoms with van der Waals surface area (Å²) in [4.78, 5) is 48.6. The van der Waals surface area contributed by atoms with Gasteiger partial charge >= 0.3 is 5.97 Å². The number of nitrogens with one attached hydrogen (secondary N) is 3. The highest BCUT2D eigenvalue weighted by molar-refractivity contribution is 5.98. The minimum absolute atomic E-state index is 0.0625. The van der Waals surface area contributed by atoms with E-state index in [0.29, 0.717) is 12.1 Å². The first-order chi connectivity index (χ1) is 16.1. The number of aryl methyl sites for hydroxylation is 1. The van der Waals surface area contributed by atoms with Gasteiger partial charge in [-0.3, -0.25) is 19.2 Å². The highest BCUT2D eigenvalue weighted by Gasteiger charge is 2.27. The van der Waals surface area contributed by atoms with Gasteiger partial charge in [0.2, 0.25) is 17.7 Å². The largest absolute Gasteiger partial charge is 0.461 e. The summed E-state index contributed by atoms with van der Waals surface area (Å²) in [6.07, 6.45) is 2.39. The number of rotatable bonds is 11. The average Bonchev–Trinajstić information content (AvgIpc) is 3.24. The molecule has 0 bridgehead atoms. The third-order valence-electron chi connectivity index (χ3n) is 4.94. The van der Waals surface area contributed by atoms with Crippen molar-refractivity contribution in [3.8, 4) is 0 Å². The van der Waals surface area contributed by atoms with Gasteiger partial charge in [0, 0.05) is 18.8 Å². The van der Waals surface area contributed by atoms with Crippen molar-refractivity contribution in [3.05, 3.63) is 41.7 Å². The first-order valence-electron chi connectivity index (χ1n) is 11.1. The van der Waals surface area contributed by atoms with E-state index in [1.165, 1.54) is 11.6 Å². The minimum atomic E-state index is -0.839. The lowest BCUT2D eigenvalue weighted by Gasteiger charge is -2.23. The maximum atomic E-state index is 12.8. The Morgan fingerprint density at radius 2 is 1.71 bits per heavy atom. The van der Waals surface area contributed by atoms with Crippen LogP contribution in [0.3, 0.4) is 0 Å². The lowest BCUT2D eigenvalue weighted by molar-refractivity contribution is -0.142. The molecule has 0 aliphatic carbocycles. The quantitative estimate of drug-likeness (QED) is 0.417. The van der Waals surface area contributed by atoms with Crippen LogP contribution in [0.25, 0.3) is 0 Å². The molecule has 0 aliphatic heterocycles. The zero-order chi connectivity index (χ0) is 25.3. The van der Waals surface area contributed by atoms with Gasteiger partial charge in [-0.1, -0.05) is 38.1 Å². The summed E-state index contributed by atoms with van der Waals surface area (Å²) in [5, 5.41) is 15.9. The highest BCUT2D eigenvalue weighted by Crippen LogP contribution is 2.11. The number of benzene rings is 1. The predicted octanol–water partition coefficient (Wildman–Crippen LogP) is 1.19. The monoisotopic (exact) mass is 472 g/mol.